The van der Waals surface area contributed by atoms with Crippen LogP contribution in [0.5, 0.6) is 11.5 Å². The van der Waals surface area contributed by atoms with Gasteiger partial charge < -0.3 is 15.3 Å². The zero-order chi connectivity index (χ0) is 11.7. The molecule has 3 N–H and O–H groups in total. The molecule has 1 rings (SSSR count). The van der Waals surface area contributed by atoms with Gasteiger partial charge in [0.15, 0.2) is 11.5 Å². The summed E-state index contributed by atoms with van der Waals surface area (Å²) in [4.78, 5) is 10.8. The SMILES string of the molecule is Cc1c(Cl)cc(O)c(O)c1C(C)C(=O)O. The Balaban J connectivity index is 3.45. The molecule has 1 aromatic carbocycles. The van der Waals surface area contributed by atoms with E-state index in [-0.39, 0.29) is 10.6 Å². The summed E-state index contributed by atoms with van der Waals surface area (Å²) in [6.07, 6.45) is 0. The Morgan fingerprint density at radius 3 is 2.47 bits per heavy atom. The number of benzene rings is 1. The van der Waals surface area contributed by atoms with E-state index in [2.05, 4.69) is 0 Å². The van der Waals surface area contributed by atoms with Crippen LogP contribution >= 0.6 is 11.6 Å². The Labute approximate surface area is 91.7 Å². The first-order valence-electron chi connectivity index (χ1n) is 4.30. The summed E-state index contributed by atoms with van der Waals surface area (Å²) in [5.41, 5.74) is 0.606. The molecule has 0 saturated heterocycles. The lowest BCUT2D eigenvalue weighted by Crippen LogP contribution is -2.09. The molecule has 0 radical (unpaired) electrons. The molecule has 0 bridgehead atoms. The molecule has 0 fully saturated rings. The molecule has 0 amide bonds. The number of hydrogen-bond acceptors (Lipinski definition) is 3. The van der Waals surface area contributed by atoms with Crippen molar-refractivity contribution in [3.63, 3.8) is 0 Å². The van der Waals surface area contributed by atoms with Crippen molar-refractivity contribution in [1.82, 2.24) is 0 Å². The zero-order valence-corrected chi connectivity index (χ0v) is 9.04. The molecule has 0 saturated carbocycles. The van der Waals surface area contributed by atoms with Gasteiger partial charge in [-0.05, 0) is 19.4 Å². The first-order valence-corrected chi connectivity index (χ1v) is 4.67. The molecule has 0 aliphatic rings. The van der Waals surface area contributed by atoms with Crippen LogP contribution in [-0.4, -0.2) is 21.3 Å². The van der Waals surface area contributed by atoms with Gasteiger partial charge in [-0.1, -0.05) is 11.6 Å². The molecule has 0 heterocycles. The van der Waals surface area contributed by atoms with E-state index in [9.17, 15) is 15.0 Å². The first kappa shape index (κ1) is 11.7. The van der Waals surface area contributed by atoms with Crippen molar-refractivity contribution >= 4 is 17.6 Å². The highest BCUT2D eigenvalue weighted by molar-refractivity contribution is 6.31. The lowest BCUT2D eigenvalue weighted by atomic mass is 9.95. The molecule has 1 atom stereocenters. The number of phenols is 2. The minimum Gasteiger partial charge on any atom is -0.504 e. The number of carboxylic acid groups (broad SMARTS) is 1. The Morgan fingerprint density at radius 1 is 1.47 bits per heavy atom. The quantitative estimate of drug-likeness (QED) is 0.681. The molecule has 1 unspecified atom stereocenters. The third-order valence-electron chi connectivity index (χ3n) is 2.33. The summed E-state index contributed by atoms with van der Waals surface area (Å²) in [5, 5.41) is 27.9. The van der Waals surface area contributed by atoms with Crippen LogP contribution in [0.3, 0.4) is 0 Å². The Bertz CT molecular complexity index is 388. The van der Waals surface area contributed by atoms with Gasteiger partial charge in [0.2, 0.25) is 0 Å². The summed E-state index contributed by atoms with van der Waals surface area (Å²) in [7, 11) is 0. The van der Waals surface area contributed by atoms with Crippen LogP contribution in [0.4, 0.5) is 0 Å². The highest BCUT2D eigenvalue weighted by Gasteiger charge is 2.23. The minimum atomic E-state index is -1.09. The molecule has 15 heavy (non-hydrogen) atoms. The molecule has 82 valence electrons. The number of aromatic hydroxyl groups is 2. The highest BCUT2D eigenvalue weighted by atomic mass is 35.5. The molecule has 0 aliphatic heterocycles. The van der Waals surface area contributed by atoms with Gasteiger partial charge in [0.1, 0.15) is 0 Å². The van der Waals surface area contributed by atoms with Gasteiger partial charge in [-0.3, -0.25) is 4.79 Å². The molecular formula is C10H11ClO4. The van der Waals surface area contributed by atoms with Gasteiger partial charge in [-0.2, -0.15) is 0 Å². The second kappa shape index (κ2) is 3.98. The van der Waals surface area contributed by atoms with Crippen molar-refractivity contribution in [2.24, 2.45) is 0 Å². The van der Waals surface area contributed by atoms with Gasteiger partial charge in [-0.25, -0.2) is 0 Å². The lowest BCUT2D eigenvalue weighted by molar-refractivity contribution is -0.138. The molecule has 0 spiro atoms. The third-order valence-corrected chi connectivity index (χ3v) is 2.72. The number of rotatable bonds is 2. The summed E-state index contributed by atoms with van der Waals surface area (Å²) in [6, 6.07) is 1.18. The van der Waals surface area contributed by atoms with Gasteiger partial charge in [-0.15, -0.1) is 0 Å². The van der Waals surface area contributed by atoms with E-state index < -0.39 is 23.4 Å². The lowest BCUT2D eigenvalue weighted by Gasteiger charge is -2.14. The maximum absolute atomic E-state index is 10.8. The fourth-order valence-corrected chi connectivity index (χ4v) is 1.60. The van der Waals surface area contributed by atoms with Crippen LogP contribution in [0, 0.1) is 6.92 Å². The first-order chi connectivity index (χ1) is 6.86. The van der Waals surface area contributed by atoms with E-state index in [1.807, 2.05) is 0 Å². The van der Waals surface area contributed by atoms with Crippen molar-refractivity contribution in [1.29, 1.82) is 0 Å². The van der Waals surface area contributed by atoms with Crippen molar-refractivity contribution in [2.45, 2.75) is 19.8 Å². The smallest absolute Gasteiger partial charge is 0.310 e. The Kier molecular flexibility index (Phi) is 3.09. The third kappa shape index (κ3) is 1.99. The molecule has 1 aromatic rings. The average molecular weight is 231 g/mol. The molecule has 5 heteroatoms. The van der Waals surface area contributed by atoms with Crippen LogP contribution < -0.4 is 0 Å². The Hall–Kier alpha value is -1.42. The predicted octanol–water partition coefficient (Wildman–Crippen LogP) is 2.25. The summed E-state index contributed by atoms with van der Waals surface area (Å²) in [5.74, 6) is -2.84. The minimum absolute atomic E-state index is 0.146. The number of carboxylic acids is 1. The van der Waals surface area contributed by atoms with Crippen molar-refractivity contribution < 1.29 is 20.1 Å². The second-order valence-corrected chi connectivity index (χ2v) is 3.73. The fourth-order valence-electron chi connectivity index (χ4n) is 1.39. The summed E-state index contributed by atoms with van der Waals surface area (Å²) in [6.45, 7) is 3.01. The summed E-state index contributed by atoms with van der Waals surface area (Å²) < 4.78 is 0. The van der Waals surface area contributed by atoms with E-state index in [0.29, 0.717) is 5.56 Å². The van der Waals surface area contributed by atoms with Gasteiger partial charge in [0.25, 0.3) is 0 Å². The molecular weight excluding hydrogens is 220 g/mol. The van der Waals surface area contributed by atoms with Gasteiger partial charge in [0.05, 0.1) is 5.92 Å². The molecule has 0 aromatic heterocycles. The molecule has 4 nitrogen and oxygen atoms in total. The van der Waals surface area contributed by atoms with Gasteiger partial charge >= 0.3 is 5.97 Å². The van der Waals surface area contributed by atoms with Crippen LogP contribution in [0.25, 0.3) is 0 Å². The molecule has 0 aliphatic carbocycles. The highest BCUT2D eigenvalue weighted by Crippen LogP contribution is 2.40. The van der Waals surface area contributed by atoms with E-state index >= 15 is 0 Å². The fraction of sp³-hybridized carbons (Fsp3) is 0.300. The van der Waals surface area contributed by atoms with Crippen LogP contribution in [0.15, 0.2) is 6.07 Å². The maximum atomic E-state index is 10.8. The van der Waals surface area contributed by atoms with E-state index in [1.165, 1.54) is 13.0 Å². The number of phenolic OH excluding ortho intramolecular Hbond substituents is 2. The number of carbonyl (C=O) groups is 1. The number of halogens is 1. The van der Waals surface area contributed by atoms with Crippen molar-refractivity contribution in [3.8, 4) is 11.5 Å². The van der Waals surface area contributed by atoms with E-state index in [1.54, 1.807) is 6.92 Å². The topological polar surface area (TPSA) is 77.8 Å². The summed E-state index contributed by atoms with van der Waals surface area (Å²) >= 11 is 5.78. The van der Waals surface area contributed by atoms with Crippen molar-refractivity contribution in [3.05, 3.63) is 22.2 Å². The van der Waals surface area contributed by atoms with Crippen LogP contribution in [0.2, 0.25) is 5.02 Å². The standard InChI is InChI=1S/C10H11ClO4/c1-4-6(11)3-7(12)9(13)8(4)5(2)10(14)15/h3,5,12-13H,1-2H3,(H,14,15). The normalized spacial score (nSPS) is 12.5. The van der Waals surface area contributed by atoms with Crippen LogP contribution in [-0.2, 0) is 4.79 Å². The van der Waals surface area contributed by atoms with Crippen molar-refractivity contribution in [2.75, 3.05) is 0 Å². The van der Waals surface area contributed by atoms with E-state index in [4.69, 9.17) is 16.7 Å². The number of hydrogen-bond donors (Lipinski definition) is 3. The van der Waals surface area contributed by atoms with E-state index in [0.717, 1.165) is 0 Å². The predicted molar refractivity (Wildman–Crippen MR) is 55.6 cm³/mol. The van der Waals surface area contributed by atoms with Gasteiger partial charge in [0, 0.05) is 16.7 Å². The largest absolute Gasteiger partial charge is 0.504 e. The monoisotopic (exact) mass is 230 g/mol. The number of aliphatic carboxylic acids is 1. The maximum Gasteiger partial charge on any atom is 0.310 e. The Morgan fingerprint density at radius 2 is 2.00 bits per heavy atom. The van der Waals surface area contributed by atoms with Crippen LogP contribution in [0.1, 0.15) is 24.0 Å². The zero-order valence-electron chi connectivity index (χ0n) is 8.28. The second-order valence-electron chi connectivity index (χ2n) is 3.32. The average Bonchev–Trinajstić information content (AvgIpc) is 2.15.